The maximum atomic E-state index is 12.2. The van der Waals surface area contributed by atoms with Crippen LogP contribution in [0.4, 0.5) is 0 Å². The van der Waals surface area contributed by atoms with Crippen molar-refractivity contribution < 1.29 is 29.0 Å². The summed E-state index contributed by atoms with van der Waals surface area (Å²) < 4.78 is 10.5. The Bertz CT molecular complexity index is 614. The molecular formula is C16H19NO6. The number of carboxylic acid groups (broad SMARTS) is 1. The number of carboxylic acids is 1. The molecule has 1 aromatic carbocycles. The summed E-state index contributed by atoms with van der Waals surface area (Å²) >= 11 is 0. The largest absolute Gasteiger partial charge is 0.484 e. The molecule has 0 radical (unpaired) electrons. The SMILES string of the molecule is COC1CC(C(=O)O)N(C(=O)COc2cccc(C(C)=O)c2)C1. The topological polar surface area (TPSA) is 93.1 Å². The van der Waals surface area contributed by atoms with Gasteiger partial charge in [-0.15, -0.1) is 0 Å². The molecule has 1 N–H and O–H groups in total. The van der Waals surface area contributed by atoms with Crippen LogP contribution in [0.25, 0.3) is 0 Å². The van der Waals surface area contributed by atoms with Gasteiger partial charge in [-0.25, -0.2) is 4.79 Å². The minimum absolute atomic E-state index is 0.102. The smallest absolute Gasteiger partial charge is 0.326 e. The van der Waals surface area contributed by atoms with E-state index in [9.17, 15) is 19.5 Å². The highest BCUT2D eigenvalue weighted by molar-refractivity contribution is 5.94. The van der Waals surface area contributed by atoms with Gasteiger partial charge in [-0.05, 0) is 19.1 Å². The van der Waals surface area contributed by atoms with Crippen molar-refractivity contribution in [2.75, 3.05) is 20.3 Å². The number of aliphatic carboxylic acids is 1. The molecule has 1 amide bonds. The molecule has 0 bridgehead atoms. The third-order valence-electron chi connectivity index (χ3n) is 3.80. The molecule has 23 heavy (non-hydrogen) atoms. The fraction of sp³-hybridized carbons (Fsp3) is 0.438. The van der Waals surface area contributed by atoms with Crippen molar-refractivity contribution in [3.05, 3.63) is 29.8 Å². The van der Waals surface area contributed by atoms with Gasteiger partial charge in [-0.3, -0.25) is 9.59 Å². The first-order valence-corrected chi connectivity index (χ1v) is 7.21. The number of carbonyl (C=O) groups is 3. The van der Waals surface area contributed by atoms with Crippen LogP contribution in [-0.4, -0.2) is 60.1 Å². The second-order valence-electron chi connectivity index (χ2n) is 5.37. The van der Waals surface area contributed by atoms with E-state index in [0.29, 0.717) is 11.3 Å². The summed E-state index contributed by atoms with van der Waals surface area (Å²) in [6.45, 7) is 1.38. The Kier molecular flexibility index (Phi) is 5.33. The third-order valence-corrected chi connectivity index (χ3v) is 3.80. The molecule has 0 aromatic heterocycles. The first kappa shape index (κ1) is 17.0. The molecule has 1 saturated heterocycles. The van der Waals surface area contributed by atoms with E-state index < -0.39 is 17.9 Å². The average molecular weight is 321 g/mol. The normalized spacial score (nSPS) is 20.3. The van der Waals surface area contributed by atoms with Gasteiger partial charge in [0.05, 0.1) is 6.10 Å². The fourth-order valence-electron chi connectivity index (χ4n) is 2.51. The zero-order chi connectivity index (χ0) is 17.0. The van der Waals surface area contributed by atoms with Gasteiger partial charge in [0.25, 0.3) is 5.91 Å². The lowest BCUT2D eigenvalue weighted by Crippen LogP contribution is -2.43. The van der Waals surface area contributed by atoms with E-state index in [1.54, 1.807) is 24.3 Å². The minimum Gasteiger partial charge on any atom is -0.484 e. The van der Waals surface area contributed by atoms with Gasteiger partial charge < -0.3 is 19.5 Å². The summed E-state index contributed by atoms with van der Waals surface area (Å²) in [6, 6.07) is 5.59. The Balaban J connectivity index is 2.00. The van der Waals surface area contributed by atoms with Gasteiger partial charge in [0.1, 0.15) is 11.8 Å². The number of nitrogens with zero attached hydrogens (tertiary/aromatic N) is 1. The number of hydrogen-bond acceptors (Lipinski definition) is 5. The number of ether oxygens (including phenoxy) is 2. The van der Waals surface area contributed by atoms with Gasteiger partial charge >= 0.3 is 5.97 Å². The van der Waals surface area contributed by atoms with E-state index in [0.717, 1.165) is 0 Å². The van der Waals surface area contributed by atoms with Crippen molar-refractivity contribution in [3.63, 3.8) is 0 Å². The monoisotopic (exact) mass is 321 g/mol. The lowest BCUT2D eigenvalue weighted by Gasteiger charge is -2.21. The Morgan fingerprint density at radius 3 is 2.70 bits per heavy atom. The molecule has 2 unspecified atom stereocenters. The molecule has 2 rings (SSSR count). The van der Waals surface area contributed by atoms with Crippen LogP contribution < -0.4 is 4.74 Å². The van der Waals surface area contributed by atoms with Gasteiger partial charge in [0.2, 0.25) is 0 Å². The van der Waals surface area contributed by atoms with Crippen LogP contribution >= 0.6 is 0 Å². The maximum Gasteiger partial charge on any atom is 0.326 e. The number of benzene rings is 1. The summed E-state index contributed by atoms with van der Waals surface area (Å²) in [5.74, 6) is -1.20. The lowest BCUT2D eigenvalue weighted by atomic mass is 10.1. The van der Waals surface area contributed by atoms with Crippen LogP contribution in [0.15, 0.2) is 24.3 Å². The zero-order valence-corrected chi connectivity index (χ0v) is 13.0. The van der Waals surface area contributed by atoms with Crippen molar-refractivity contribution in [3.8, 4) is 5.75 Å². The molecular weight excluding hydrogens is 302 g/mol. The number of hydrogen-bond donors (Lipinski definition) is 1. The molecule has 0 saturated carbocycles. The highest BCUT2D eigenvalue weighted by atomic mass is 16.5. The minimum atomic E-state index is -1.06. The van der Waals surface area contributed by atoms with Crippen LogP contribution in [-0.2, 0) is 14.3 Å². The number of ketones is 1. The Labute approximate surface area is 133 Å². The maximum absolute atomic E-state index is 12.2. The van der Waals surface area contributed by atoms with Gasteiger partial charge in [0, 0.05) is 25.6 Å². The molecule has 1 aliphatic rings. The van der Waals surface area contributed by atoms with Gasteiger partial charge in [-0.1, -0.05) is 12.1 Å². The molecule has 0 spiro atoms. The Hall–Kier alpha value is -2.41. The van der Waals surface area contributed by atoms with Crippen molar-refractivity contribution in [1.29, 1.82) is 0 Å². The van der Waals surface area contributed by atoms with Crippen LogP contribution in [0.2, 0.25) is 0 Å². The lowest BCUT2D eigenvalue weighted by molar-refractivity contribution is -0.148. The molecule has 124 valence electrons. The summed E-state index contributed by atoms with van der Waals surface area (Å²) in [7, 11) is 1.49. The van der Waals surface area contributed by atoms with Crippen LogP contribution in [0.5, 0.6) is 5.75 Å². The molecule has 1 aliphatic heterocycles. The van der Waals surface area contributed by atoms with E-state index in [4.69, 9.17) is 9.47 Å². The van der Waals surface area contributed by atoms with Crippen molar-refractivity contribution in [1.82, 2.24) is 4.90 Å². The van der Waals surface area contributed by atoms with Crippen LogP contribution in [0.1, 0.15) is 23.7 Å². The number of carbonyl (C=O) groups excluding carboxylic acids is 2. The predicted octanol–water partition coefficient (Wildman–Crippen LogP) is 0.968. The van der Waals surface area contributed by atoms with E-state index in [2.05, 4.69) is 0 Å². The second-order valence-corrected chi connectivity index (χ2v) is 5.37. The van der Waals surface area contributed by atoms with E-state index in [1.165, 1.54) is 18.9 Å². The summed E-state index contributed by atoms with van der Waals surface area (Å²) in [6.07, 6.45) is -0.0294. The summed E-state index contributed by atoms with van der Waals surface area (Å²) in [5.41, 5.74) is 0.485. The van der Waals surface area contributed by atoms with Crippen molar-refractivity contribution in [2.24, 2.45) is 0 Å². The predicted molar refractivity (Wildman–Crippen MR) is 80.5 cm³/mol. The highest BCUT2D eigenvalue weighted by Crippen LogP contribution is 2.21. The molecule has 1 fully saturated rings. The summed E-state index contributed by atoms with van der Waals surface area (Å²) in [4.78, 5) is 36.1. The number of rotatable bonds is 6. The third kappa shape index (κ3) is 4.07. The fourth-order valence-corrected chi connectivity index (χ4v) is 2.51. The zero-order valence-electron chi connectivity index (χ0n) is 13.0. The number of likely N-dealkylation sites (tertiary alicyclic amines) is 1. The second kappa shape index (κ2) is 7.23. The Morgan fingerprint density at radius 1 is 1.35 bits per heavy atom. The van der Waals surface area contributed by atoms with Crippen molar-refractivity contribution >= 4 is 17.7 Å². The molecule has 0 aliphatic carbocycles. The van der Waals surface area contributed by atoms with Crippen LogP contribution in [0.3, 0.4) is 0 Å². The van der Waals surface area contributed by atoms with Gasteiger partial charge in [-0.2, -0.15) is 0 Å². The number of methoxy groups -OCH3 is 1. The summed E-state index contributed by atoms with van der Waals surface area (Å²) in [5, 5.41) is 9.20. The molecule has 1 heterocycles. The Morgan fingerprint density at radius 2 is 2.09 bits per heavy atom. The molecule has 7 nitrogen and oxygen atoms in total. The number of amides is 1. The van der Waals surface area contributed by atoms with E-state index in [-0.39, 0.29) is 31.5 Å². The molecule has 7 heteroatoms. The number of Topliss-reactive ketones (excluding diaryl/α,β-unsaturated/α-hetero) is 1. The first-order valence-electron chi connectivity index (χ1n) is 7.21. The van der Waals surface area contributed by atoms with E-state index >= 15 is 0 Å². The van der Waals surface area contributed by atoms with Crippen LogP contribution in [0, 0.1) is 0 Å². The highest BCUT2D eigenvalue weighted by Gasteiger charge is 2.39. The van der Waals surface area contributed by atoms with E-state index in [1.807, 2.05) is 0 Å². The standard InChI is InChI=1S/C16H19NO6/c1-10(18)11-4-3-5-12(6-11)23-9-15(19)17-8-13(22-2)7-14(17)16(20)21/h3-6,13-14H,7-9H2,1-2H3,(H,20,21). The molecule has 2 atom stereocenters. The quantitative estimate of drug-likeness (QED) is 0.785. The first-order chi connectivity index (χ1) is 10.9. The van der Waals surface area contributed by atoms with Gasteiger partial charge in [0.15, 0.2) is 12.4 Å². The molecule has 1 aromatic rings. The van der Waals surface area contributed by atoms with Crippen molar-refractivity contribution in [2.45, 2.75) is 25.5 Å². The average Bonchev–Trinajstić information content (AvgIpc) is 2.97.